The van der Waals surface area contributed by atoms with Crippen molar-refractivity contribution in [3.8, 4) is 0 Å². The van der Waals surface area contributed by atoms with E-state index in [1.54, 1.807) is 4.90 Å². The van der Waals surface area contributed by atoms with Crippen LogP contribution in [0.5, 0.6) is 0 Å². The van der Waals surface area contributed by atoms with Crippen LogP contribution < -0.4 is 5.32 Å². The molecule has 0 spiro atoms. The first-order chi connectivity index (χ1) is 10.5. The van der Waals surface area contributed by atoms with Crippen LogP contribution in [0.2, 0.25) is 0 Å². The number of nitrogens with zero attached hydrogens (tertiary/aromatic N) is 1. The Hall–Kier alpha value is -1.06. The minimum atomic E-state index is -0.402. The van der Waals surface area contributed by atoms with Crippen molar-refractivity contribution in [2.75, 3.05) is 13.1 Å². The van der Waals surface area contributed by atoms with Gasteiger partial charge in [0.25, 0.3) is 0 Å². The third-order valence-corrected chi connectivity index (χ3v) is 6.31. The zero-order valence-corrected chi connectivity index (χ0v) is 14.2. The normalized spacial score (nSPS) is 37.0. The summed E-state index contributed by atoms with van der Waals surface area (Å²) in [5.41, 5.74) is -0.160. The van der Waals surface area contributed by atoms with Gasteiger partial charge in [-0.1, -0.05) is 0 Å². The van der Waals surface area contributed by atoms with E-state index in [0.717, 1.165) is 37.0 Å². The number of hydrogen-bond donors (Lipinski definition) is 1. The third kappa shape index (κ3) is 2.65. The number of likely N-dealkylation sites (N-methyl/N-ethyl adjacent to an activating group) is 1. The average molecular weight is 306 g/mol. The van der Waals surface area contributed by atoms with Gasteiger partial charge in [-0.25, -0.2) is 0 Å². The van der Waals surface area contributed by atoms with Gasteiger partial charge in [-0.05, 0) is 77.0 Å². The summed E-state index contributed by atoms with van der Waals surface area (Å²) in [6, 6.07) is -0.402. The van der Waals surface area contributed by atoms with Crippen molar-refractivity contribution < 1.29 is 9.59 Å². The number of rotatable bonds is 5. The molecule has 4 heteroatoms. The molecule has 4 bridgehead atoms. The van der Waals surface area contributed by atoms with Crippen LogP contribution in [0.4, 0.5) is 0 Å². The zero-order chi connectivity index (χ0) is 15.9. The lowest BCUT2D eigenvalue weighted by Crippen LogP contribution is -2.57. The maximum absolute atomic E-state index is 12.9. The Bertz CT molecular complexity index is 421. The van der Waals surface area contributed by atoms with E-state index in [1.165, 1.54) is 19.3 Å². The first kappa shape index (κ1) is 15.8. The number of amides is 2. The summed E-state index contributed by atoms with van der Waals surface area (Å²) in [5.74, 6) is 2.46. The van der Waals surface area contributed by atoms with Gasteiger partial charge in [-0.2, -0.15) is 0 Å². The summed E-state index contributed by atoms with van der Waals surface area (Å²) in [6.07, 6.45) is 7.16. The molecular formula is C18H30N2O2. The summed E-state index contributed by atoms with van der Waals surface area (Å²) in [5, 5.41) is 3.06. The van der Waals surface area contributed by atoms with E-state index in [-0.39, 0.29) is 17.2 Å². The van der Waals surface area contributed by atoms with Gasteiger partial charge in [-0.15, -0.1) is 0 Å². The summed E-state index contributed by atoms with van der Waals surface area (Å²) >= 11 is 0. The van der Waals surface area contributed by atoms with Gasteiger partial charge in [0, 0.05) is 18.5 Å². The summed E-state index contributed by atoms with van der Waals surface area (Å²) in [6.45, 7) is 7.20. The molecule has 1 N–H and O–H groups in total. The molecule has 0 radical (unpaired) electrons. The van der Waals surface area contributed by atoms with Gasteiger partial charge >= 0.3 is 0 Å². The van der Waals surface area contributed by atoms with Crippen LogP contribution in [-0.4, -0.2) is 35.8 Å². The number of hydrogen-bond acceptors (Lipinski definition) is 2. The molecule has 0 aromatic heterocycles. The van der Waals surface area contributed by atoms with Gasteiger partial charge in [0.2, 0.25) is 11.8 Å². The van der Waals surface area contributed by atoms with Gasteiger partial charge in [0.05, 0.1) is 0 Å². The summed E-state index contributed by atoms with van der Waals surface area (Å²) < 4.78 is 0. The molecule has 0 heterocycles. The second-order valence-corrected chi connectivity index (χ2v) is 7.90. The molecule has 4 aliphatic rings. The molecule has 124 valence electrons. The van der Waals surface area contributed by atoms with Crippen molar-refractivity contribution in [3.05, 3.63) is 0 Å². The lowest BCUT2D eigenvalue weighted by atomic mass is 9.49. The van der Waals surface area contributed by atoms with E-state index in [0.29, 0.717) is 13.1 Å². The van der Waals surface area contributed by atoms with E-state index >= 15 is 0 Å². The maximum atomic E-state index is 12.9. The zero-order valence-electron chi connectivity index (χ0n) is 14.2. The minimum Gasteiger partial charge on any atom is -0.344 e. The summed E-state index contributed by atoms with van der Waals surface area (Å²) in [4.78, 5) is 27.1. The van der Waals surface area contributed by atoms with Crippen LogP contribution in [0.25, 0.3) is 0 Å². The van der Waals surface area contributed by atoms with Gasteiger partial charge in [0.1, 0.15) is 6.04 Å². The van der Waals surface area contributed by atoms with Crippen molar-refractivity contribution >= 4 is 11.8 Å². The van der Waals surface area contributed by atoms with E-state index in [1.807, 2.05) is 20.8 Å². The van der Waals surface area contributed by atoms with Crippen LogP contribution in [0.1, 0.15) is 59.3 Å². The monoisotopic (exact) mass is 306 g/mol. The molecule has 4 fully saturated rings. The van der Waals surface area contributed by atoms with Crippen molar-refractivity contribution in [1.29, 1.82) is 0 Å². The number of carbonyl (C=O) groups excluding carboxylic acids is 2. The first-order valence-electron chi connectivity index (χ1n) is 9.07. The van der Waals surface area contributed by atoms with E-state index in [4.69, 9.17) is 0 Å². The van der Waals surface area contributed by atoms with E-state index in [9.17, 15) is 9.59 Å². The standard InChI is InChI=1S/C18H30N2O2/c1-4-20(5-2)16(21)12(3)19-17(22)18-9-13-6-14(10-18)8-15(7-13)11-18/h12-15H,4-11H2,1-3H3,(H,19,22)/t12-,13?,14?,15?,18?/m0/s1. The molecule has 0 unspecified atom stereocenters. The van der Waals surface area contributed by atoms with Crippen LogP contribution in [0, 0.1) is 23.2 Å². The lowest BCUT2D eigenvalue weighted by molar-refractivity contribution is -0.149. The number of carbonyl (C=O) groups is 2. The molecule has 4 nitrogen and oxygen atoms in total. The fourth-order valence-corrected chi connectivity index (χ4v) is 5.61. The van der Waals surface area contributed by atoms with Crippen LogP contribution in [0.3, 0.4) is 0 Å². The summed E-state index contributed by atoms with van der Waals surface area (Å²) in [7, 11) is 0. The van der Waals surface area contributed by atoms with Crippen molar-refractivity contribution in [2.24, 2.45) is 23.2 Å². The highest BCUT2D eigenvalue weighted by atomic mass is 16.2. The molecule has 2 amide bonds. The fourth-order valence-electron chi connectivity index (χ4n) is 5.61. The molecule has 1 atom stereocenters. The Labute approximate surface area is 134 Å². The molecular weight excluding hydrogens is 276 g/mol. The highest BCUT2D eigenvalue weighted by Gasteiger charge is 2.54. The maximum Gasteiger partial charge on any atom is 0.244 e. The second kappa shape index (κ2) is 5.86. The Morgan fingerprint density at radius 2 is 1.50 bits per heavy atom. The van der Waals surface area contributed by atoms with Crippen LogP contribution in [0.15, 0.2) is 0 Å². The fraction of sp³-hybridized carbons (Fsp3) is 0.889. The SMILES string of the molecule is CCN(CC)C(=O)[C@H](C)NC(=O)C12CC3CC(CC(C3)C1)C2. The van der Waals surface area contributed by atoms with Gasteiger partial charge < -0.3 is 10.2 Å². The van der Waals surface area contributed by atoms with E-state index < -0.39 is 6.04 Å². The molecule has 4 saturated carbocycles. The largest absolute Gasteiger partial charge is 0.344 e. The molecule has 0 aromatic rings. The molecule has 4 aliphatic carbocycles. The van der Waals surface area contributed by atoms with Gasteiger partial charge in [-0.3, -0.25) is 9.59 Å². The highest BCUT2D eigenvalue weighted by molar-refractivity contribution is 5.90. The minimum absolute atomic E-state index is 0.0445. The third-order valence-electron chi connectivity index (χ3n) is 6.31. The predicted molar refractivity (Wildman–Crippen MR) is 86.1 cm³/mol. The van der Waals surface area contributed by atoms with Crippen LogP contribution in [-0.2, 0) is 9.59 Å². The molecule has 4 rings (SSSR count). The van der Waals surface area contributed by atoms with Crippen molar-refractivity contribution in [1.82, 2.24) is 10.2 Å². The Morgan fingerprint density at radius 1 is 1.05 bits per heavy atom. The molecule has 0 aromatic carbocycles. The topological polar surface area (TPSA) is 49.4 Å². The van der Waals surface area contributed by atoms with E-state index in [2.05, 4.69) is 5.32 Å². The van der Waals surface area contributed by atoms with Crippen molar-refractivity contribution in [3.63, 3.8) is 0 Å². The lowest BCUT2D eigenvalue weighted by Gasteiger charge is -2.55. The number of nitrogens with one attached hydrogen (secondary N) is 1. The Kier molecular flexibility index (Phi) is 4.21. The molecule has 22 heavy (non-hydrogen) atoms. The Morgan fingerprint density at radius 3 is 1.91 bits per heavy atom. The highest BCUT2D eigenvalue weighted by Crippen LogP contribution is 2.60. The average Bonchev–Trinajstić information content (AvgIpc) is 2.46. The Balaban J connectivity index is 1.66. The van der Waals surface area contributed by atoms with Crippen molar-refractivity contribution in [2.45, 2.75) is 65.3 Å². The van der Waals surface area contributed by atoms with Crippen LogP contribution >= 0.6 is 0 Å². The molecule has 0 saturated heterocycles. The predicted octanol–water partition coefficient (Wildman–Crippen LogP) is 2.58. The second-order valence-electron chi connectivity index (χ2n) is 7.90. The first-order valence-corrected chi connectivity index (χ1v) is 9.07. The molecule has 0 aliphatic heterocycles. The smallest absolute Gasteiger partial charge is 0.244 e. The van der Waals surface area contributed by atoms with Gasteiger partial charge in [0.15, 0.2) is 0 Å². The quantitative estimate of drug-likeness (QED) is 0.848.